The number of aromatic nitrogens is 1. The lowest BCUT2D eigenvalue weighted by molar-refractivity contribution is 0.323. The summed E-state index contributed by atoms with van der Waals surface area (Å²) >= 11 is 0. The van der Waals surface area contributed by atoms with Crippen LogP contribution in [-0.4, -0.2) is 28.1 Å². The summed E-state index contributed by atoms with van der Waals surface area (Å²) in [5, 5.41) is 13.3. The van der Waals surface area contributed by atoms with Gasteiger partial charge in [0.1, 0.15) is 5.75 Å². The number of H-pyrrole nitrogens is 1. The summed E-state index contributed by atoms with van der Waals surface area (Å²) < 4.78 is 0. The van der Waals surface area contributed by atoms with Crippen LogP contribution in [0.15, 0.2) is 41.2 Å². The Morgan fingerprint density at radius 1 is 1.05 bits per heavy atom. The van der Waals surface area contributed by atoms with Crippen molar-refractivity contribution in [2.45, 2.75) is 19.4 Å². The predicted molar refractivity (Wildman–Crippen MR) is 88.3 cm³/mol. The number of pyridine rings is 1. The fraction of sp³-hybridized carbons (Fsp3) is 0.278. The smallest absolute Gasteiger partial charge is 0.256 e. The maximum absolute atomic E-state index is 12.4. The van der Waals surface area contributed by atoms with Crippen molar-refractivity contribution in [2.75, 3.05) is 13.1 Å². The molecule has 4 rings (SSSR count). The molecule has 112 valence electrons. The van der Waals surface area contributed by atoms with Gasteiger partial charge >= 0.3 is 0 Å². The molecule has 0 spiro atoms. The van der Waals surface area contributed by atoms with Crippen LogP contribution >= 0.6 is 0 Å². The van der Waals surface area contributed by atoms with Gasteiger partial charge in [0.15, 0.2) is 0 Å². The Labute approximate surface area is 128 Å². The Morgan fingerprint density at radius 3 is 2.64 bits per heavy atom. The van der Waals surface area contributed by atoms with Crippen LogP contribution in [0.25, 0.3) is 21.7 Å². The molecule has 1 aliphatic heterocycles. The predicted octanol–water partition coefficient (Wildman–Crippen LogP) is 2.98. The van der Waals surface area contributed by atoms with E-state index in [1.807, 2.05) is 36.4 Å². The zero-order valence-corrected chi connectivity index (χ0v) is 12.3. The zero-order valence-electron chi connectivity index (χ0n) is 12.3. The second-order valence-corrected chi connectivity index (χ2v) is 5.97. The van der Waals surface area contributed by atoms with Crippen molar-refractivity contribution in [2.24, 2.45) is 0 Å². The van der Waals surface area contributed by atoms with Crippen LogP contribution in [0.1, 0.15) is 18.4 Å². The van der Waals surface area contributed by atoms with E-state index < -0.39 is 0 Å². The number of aromatic hydroxyl groups is 1. The highest BCUT2D eigenvalue weighted by molar-refractivity contribution is 6.07. The molecule has 1 aromatic heterocycles. The first kappa shape index (κ1) is 13.3. The van der Waals surface area contributed by atoms with Crippen LogP contribution in [0.5, 0.6) is 5.75 Å². The summed E-state index contributed by atoms with van der Waals surface area (Å²) in [6.45, 7) is 2.51. The second-order valence-electron chi connectivity index (χ2n) is 5.97. The molecule has 0 unspecified atom stereocenters. The third-order valence-corrected chi connectivity index (χ3v) is 4.56. The molecule has 22 heavy (non-hydrogen) atoms. The molecular formula is C18H18N2O2. The van der Waals surface area contributed by atoms with Gasteiger partial charge in [-0.15, -0.1) is 0 Å². The molecule has 0 atom stereocenters. The fourth-order valence-corrected chi connectivity index (χ4v) is 3.37. The minimum Gasteiger partial charge on any atom is -0.507 e. The number of nitrogens with zero attached hydrogens (tertiary/aromatic N) is 1. The second kappa shape index (κ2) is 5.14. The first-order valence-electron chi connectivity index (χ1n) is 7.72. The van der Waals surface area contributed by atoms with Crippen LogP contribution in [0.3, 0.4) is 0 Å². The highest BCUT2D eigenvalue weighted by Crippen LogP contribution is 2.31. The summed E-state index contributed by atoms with van der Waals surface area (Å²) in [5.41, 5.74) is 1.00. The van der Waals surface area contributed by atoms with Crippen molar-refractivity contribution >= 4 is 21.7 Å². The van der Waals surface area contributed by atoms with Crippen LogP contribution in [0, 0.1) is 0 Å². The summed E-state index contributed by atoms with van der Waals surface area (Å²) in [4.78, 5) is 17.6. The van der Waals surface area contributed by atoms with Gasteiger partial charge in [-0.25, -0.2) is 0 Å². The molecule has 1 saturated heterocycles. The average Bonchev–Trinajstić information content (AvgIpc) is 3.04. The largest absolute Gasteiger partial charge is 0.507 e. The number of fused-ring (bicyclic) bond motifs is 3. The van der Waals surface area contributed by atoms with E-state index in [0.717, 1.165) is 36.7 Å². The topological polar surface area (TPSA) is 56.3 Å². The first-order chi connectivity index (χ1) is 10.7. The molecule has 0 amide bonds. The monoisotopic (exact) mass is 294 g/mol. The van der Waals surface area contributed by atoms with Gasteiger partial charge in [0.25, 0.3) is 5.56 Å². The van der Waals surface area contributed by atoms with E-state index in [9.17, 15) is 9.90 Å². The van der Waals surface area contributed by atoms with Gasteiger partial charge in [-0.1, -0.05) is 30.3 Å². The lowest BCUT2D eigenvalue weighted by atomic mass is 10.0. The Balaban J connectivity index is 1.93. The maximum Gasteiger partial charge on any atom is 0.256 e. The normalized spacial score (nSPS) is 15.8. The van der Waals surface area contributed by atoms with Gasteiger partial charge in [0, 0.05) is 17.3 Å². The maximum atomic E-state index is 12.4. The molecule has 2 N–H and O–H groups in total. The van der Waals surface area contributed by atoms with Crippen molar-refractivity contribution in [3.63, 3.8) is 0 Å². The van der Waals surface area contributed by atoms with Gasteiger partial charge in [0.05, 0.1) is 11.1 Å². The molecule has 0 radical (unpaired) electrons. The van der Waals surface area contributed by atoms with E-state index >= 15 is 0 Å². The van der Waals surface area contributed by atoms with E-state index in [1.54, 1.807) is 0 Å². The Kier molecular flexibility index (Phi) is 3.12. The van der Waals surface area contributed by atoms with E-state index in [0.29, 0.717) is 23.0 Å². The number of aromatic amines is 1. The van der Waals surface area contributed by atoms with Crippen LogP contribution in [0.2, 0.25) is 0 Å². The average molecular weight is 294 g/mol. The fourth-order valence-electron chi connectivity index (χ4n) is 3.37. The molecule has 0 aliphatic carbocycles. The van der Waals surface area contributed by atoms with Crippen molar-refractivity contribution in [1.29, 1.82) is 0 Å². The lowest BCUT2D eigenvalue weighted by Gasteiger charge is -2.16. The summed E-state index contributed by atoms with van der Waals surface area (Å²) in [6, 6.07) is 11.7. The van der Waals surface area contributed by atoms with Gasteiger partial charge in [-0.2, -0.15) is 0 Å². The third kappa shape index (κ3) is 2.07. The number of hydrogen-bond donors (Lipinski definition) is 2. The number of likely N-dealkylation sites (tertiary alicyclic amines) is 1. The SMILES string of the molecule is O=c1[nH]c2c(ccc3ccccc32)c(O)c1CN1CCCC1. The number of benzene rings is 2. The van der Waals surface area contributed by atoms with Crippen LogP contribution in [0.4, 0.5) is 0 Å². The summed E-state index contributed by atoms with van der Waals surface area (Å²) in [6.07, 6.45) is 2.33. The van der Waals surface area contributed by atoms with Crippen LogP contribution in [-0.2, 0) is 6.54 Å². The highest BCUT2D eigenvalue weighted by atomic mass is 16.3. The number of nitrogens with one attached hydrogen (secondary N) is 1. The molecule has 0 saturated carbocycles. The van der Waals surface area contributed by atoms with Crippen LogP contribution < -0.4 is 5.56 Å². The van der Waals surface area contributed by atoms with E-state index in [-0.39, 0.29) is 11.3 Å². The van der Waals surface area contributed by atoms with E-state index in [2.05, 4.69) is 9.88 Å². The zero-order chi connectivity index (χ0) is 15.1. The Bertz CT molecular complexity index is 908. The van der Waals surface area contributed by atoms with E-state index in [4.69, 9.17) is 0 Å². The highest BCUT2D eigenvalue weighted by Gasteiger charge is 2.18. The lowest BCUT2D eigenvalue weighted by Crippen LogP contribution is -2.24. The van der Waals surface area contributed by atoms with Gasteiger partial charge in [0.2, 0.25) is 0 Å². The van der Waals surface area contributed by atoms with Crippen molar-refractivity contribution in [3.05, 3.63) is 52.3 Å². The van der Waals surface area contributed by atoms with Gasteiger partial charge < -0.3 is 10.1 Å². The van der Waals surface area contributed by atoms with Crippen molar-refractivity contribution < 1.29 is 5.11 Å². The summed E-state index contributed by atoms with van der Waals surface area (Å²) in [5.74, 6) is 0.122. The minimum atomic E-state index is -0.187. The number of rotatable bonds is 2. The molecule has 4 heteroatoms. The summed E-state index contributed by atoms with van der Waals surface area (Å²) in [7, 11) is 0. The molecular weight excluding hydrogens is 276 g/mol. The standard InChI is InChI=1S/C18H18N2O2/c21-17-14-8-7-12-5-1-2-6-13(12)16(14)19-18(22)15(17)11-20-9-3-4-10-20/h1-2,5-8H,3-4,9-11H2,(H2,19,21,22). The quantitative estimate of drug-likeness (QED) is 0.714. The van der Waals surface area contributed by atoms with Crippen molar-refractivity contribution in [1.82, 2.24) is 9.88 Å². The molecule has 3 aromatic rings. The molecule has 2 heterocycles. The van der Waals surface area contributed by atoms with Crippen molar-refractivity contribution in [3.8, 4) is 5.75 Å². The molecule has 1 aliphatic rings. The Morgan fingerprint density at radius 2 is 1.82 bits per heavy atom. The van der Waals surface area contributed by atoms with Gasteiger partial charge in [-0.3, -0.25) is 9.69 Å². The number of hydrogen-bond acceptors (Lipinski definition) is 3. The third-order valence-electron chi connectivity index (χ3n) is 4.56. The molecule has 4 nitrogen and oxygen atoms in total. The Hall–Kier alpha value is -2.33. The minimum absolute atomic E-state index is 0.122. The first-order valence-corrected chi connectivity index (χ1v) is 7.72. The van der Waals surface area contributed by atoms with Gasteiger partial charge in [-0.05, 0) is 37.4 Å². The molecule has 1 fully saturated rings. The van der Waals surface area contributed by atoms with E-state index in [1.165, 1.54) is 0 Å². The molecule has 2 aromatic carbocycles. The molecule has 0 bridgehead atoms.